The zero-order chi connectivity index (χ0) is 21.3. The minimum atomic E-state index is -0.551. The van der Waals surface area contributed by atoms with Crippen molar-refractivity contribution in [2.24, 2.45) is 5.92 Å². The van der Waals surface area contributed by atoms with Crippen LogP contribution < -0.4 is 15.3 Å². The normalized spacial score (nSPS) is 16.1. The Morgan fingerprint density at radius 2 is 1.90 bits per heavy atom. The molecular weight excluding hydrogens is 386 g/mol. The molecule has 2 aromatic carbocycles. The molecule has 7 nitrogen and oxygen atoms in total. The Balaban J connectivity index is 1.47. The number of benzene rings is 2. The van der Waals surface area contributed by atoms with Crippen LogP contribution in [-0.4, -0.2) is 25.5 Å². The van der Waals surface area contributed by atoms with Gasteiger partial charge in [0.05, 0.1) is 13.0 Å². The molecule has 0 N–H and O–H groups in total. The van der Waals surface area contributed by atoms with Crippen LogP contribution in [0.4, 0.5) is 5.69 Å². The molecule has 7 heteroatoms. The second kappa shape index (κ2) is 8.02. The predicted octanol–water partition coefficient (Wildman–Crippen LogP) is 3.21. The zero-order valence-corrected chi connectivity index (χ0v) is 16.7. The summed E-state index contributed by atoms with van der Waals surface area (Å²) in [6.45, 7) is 2.16. The van der Waals surface area contributed by atoms with Crippen LogP contribution in [0.2, 0.25) is 0 Å². The van der Waals surface area contributed by atoms with E-state index in [1.165, 1.54) is 13.2 Å². The molecule has 1 aromatic heterocycles. The third-order valence-electron chi connectivity index (χ3n) is 5.21. The minimum absolute atomic E-state index is 0.0809. The molecule has 3 aromatic rings. The van der Waals surface area contributed by atoms with E-state index >= 15 is 0 Å². The third kappa shape index (κ3) is 3.91. The molecule has 4 rings (SSSR count). The molecule has 154 valence electrons. The number of ether oxygens (including phenoxy) is 2. The van der Waals surface area contributed by atoms with Crippen molar-refractivity contribution in [1.29, 1.82) is 0 Å². The van der Waals surface area contributed by atoms with E-state index in [1.54, 1.807) is 23.1 Å². The highest BCUT2D eigenvalue weighted by Gasteiger charge is 2.36. The van der Waals surface area contributed by atoms with Gasteiger partial charge >= 0.3 is 11.6 Å². The first-order valence-corrected chi connectivity index (χ1v) is 9.59. The van der Waals surface area contributed by atoms with E-state index in [0.717, 1.165) is 11.3 Å². The Morgan fingerprint density at radius 3 is 2.63 bits per heavy atom. The first kappa shape index (κ1) is 19.7. The SMILES string of the molecule is COc1ccc2c(COC(=O)[C@H]3CC(=O)N(c4ccc(C)cc4)C3)cc(=O)oc2c1. The van der Waals surface area contributed by atoms with Gasteiger partial charge in [0.1, 0.15) is 17.9 Å². The van der Waals surface area contributed by atoms with Crippen LogP contribution in [0.5, 0.6) is 5.75 Å². The highest BCUT2D eigenvalue weighted by Crippen LogP contribution is 2.27. The van der Waals surface area contributed by atoms with Crippen molar-refractivity contribution in [3.63, 3.8) is 0 Å². The van der Waals surface area contributed by atoms with E-state index in [2.05, 4.69) is 0 Å². The van der Waals surface area contributed by atoms with Crippen LogP contribution in [0.3, 0.4) is 0 Å². The van der Waals surface area contributed by atoms with Crippen molar-refractivity contribution >= 4 is 28.5 Å². The monoisotopic (exact) mass is 407 g/mol. The number of amides is 1. The molecule has 1 atom stereocenters. The second-order valence-corrected chi connectivity index (χ2v) is 7.30. The summed E-state index contributed by atoms with van der Waals surface area (Å²) in [6, 6.07) is 14.0. The third-order valence-corrected chi connectivity index (χ3v) is 5.21. The average molecular weight is 407 g/mol. The van der Waals surface area contributed by atoms with E-state index in [4.69, 9.17) is 13.9 Å². The Labute approximate surface area is 172 Å². The molecule has 2 heterocycles. The predicted molar refractivity (Wildman–Crippen MR) is 110 cm³/mol. The fraction of sp³-hybridized carbons (Fsp3) is 0.261. The topological polar surface area (TPSA) is 86.0 Å². The van der Waals surface area contributed by atoms with Crippen molar-refractivity contribution in [3.8, 4) is 5.75 Å². The highest BCUT2D eigenvalue weighted by atomic mass is 16.5. The average Bonchev–Trinajstić information content (AvgIpc) is 3.13. The number of esters is 1. The van der Waals surface area contributed by atoms with Crippen molar-refractivity contribution < 1.29 is 23.5 Å². The van der Waals surface area contributed by atoms with Crippen molar-refractivity contribution in [2.45, 2.75) is 20.0 Å². The number of hydrogen-bond donors (Lipinski definition) is 0. The summed E-state index contributed by atoms with van der Waals surface area (Å²) in [6.07, 6.45) is 0.0988. The molecule has 1 fully saturated rings. The van der Waals surface area contributed by atoms with Gasteiger partial charge in [-0.25, -0.2) is 4.79 Å². The van der Waals surface area contributed by atoms with Gasteiger partial charge in [-0.05, 0) is 31.2 Å². The summed E-state index contributed by atoms with van der Waals surface area (Å²) in [5.41, 5.74) is 2.22. The van der Waals surface area contributed by atoms with Crippen LogP contribution >= 0.6 is 0 Å². The maximum atomic E-state index is 12.6. The molecule has 1 saturated heterocycles. The number of nitrogens with zero attached hydrogens (tertiary/aromatic N) is 1. The van der Waals surface area contributed by atoms with E-state index < -0.39 is 17.5 Å². The van der Waals surface area contributed by atoms with Crippen LogP contribution in [0.25, 0.3) is 11.0 Å². The number of aryl methyl sites for hydroxylation is 1. The standard InChI is InChI=1S/C23H21NO6/c1-14-3-5-17(6-4-14)24-12-15(9-21(24)25)23(27)29-13-16-10-22(26)30-20-11-18(28-2)7-8-19(16)20/h3-8,10-11,15H,9,12-13H2,1-2H3/t15-/m0/s1. The van der Waals surface area contributed by atoms with Gasteiger partial charge < -0.3 is 18.8 Å². The molecule has 30 heavy (non-hydrogen) atoms. The molecule has 0 radical (unpaired) electrons. The van der Waals surface area contributed by atoms with E-state index in [-0.39, 0.29) is 25.5 Å². The van der Waals surface area contributed by atoms with Gasteiger partial charge in [0, 0.05) is 41.7 Å². The van der Waals surface area contributed by atoms with Crippen LogP contribution in [0, 0.1) is 12.8 Å². The first-order chi connectivity index (χ1) is 14.4. The lowest BCUT2D eigenvalue weighted by Gasteiger charge is -2.16. The van der Waals surface area contributed by atoms with E-state index in [9.17, 15) is 14.4 Å². The first-order valence-electron chi connectivity index (χ1n) is 9.59. The number of anilines is 1. The fourth-order valence-electron chi connectivity index (χ4n) is 3.56. The lowest BCUT2D eigenvalue weighted by atomic mass is 10.1. The Bertz CT molecular complexity index is 1160. The Hall–Kier alpha value is -3.61. The van der Waals surface area contributed by atoms with E-state index in [0.29, 0.717) is 22.3 Å². The summed E-state index contributed by atoms with van der Waals surface area (Å²) >= 11 is 0. The summed E-state index contributed by atoms with van der Waals surface area (Å²) in [7, 11) is 1.52. The number of carbonyl (C=O) groups excluding carboxylic acids is 2. The summed E-state index contributed by atoms with van der Waals surface area (Å²) in [5.74, 6) is -0.572. The summed E-state index contributed by atoms with van der Waals surface area (Å²) in [4.78, 5) is 38.4. The maximum Gasteiger partial charge on any atom is 0.336 e. The molecule has 0 aliphatic carbocycles. The number of methoxy groups -OCH3 is 1. The number of carbonyl (C=O) groups is 2. The number of fused-ring (bicyclic) bond motifs is 1. The van der Waals surface area contributed by atoms with E-state index in [1.807, 2.05) is 31.2 Å². The zero-order valence-electron chi connectivity index (χ0n) is 16.7. The summed E-state index contributed by atoms with van der Waals surface area (Å²) in [5, 5.41) is 0.659. The Kier molecular flexibility index (Phi) is 5.27. The molecular formula is C23H21NO6. The second-order valence-electron chi connectivity index (χ2n) is 7.30. The van der Waals surface area contributed by atoms with Crippen LogP contribution in [0.1, 0.15) is 17.5 Å². The molecule has 0 spiro atoms. The molecule has 1 aliphatic rings. The fourth-order valence-corrected chi connectivity index (χ4v) is 3.56. The Morgan fingerprint density at radius 1 is 1.13 bits per heavy atom. The molecule has 0 unspecified atom stereocenters. The van der Waals surface area contributed by atoms with Gasteiger partial charge in [0.15, 0.2) is 0 Å². The van der Waals surface area contributed by atoms with Gasteiger partial charge in [-0.1, -0.05) is 17.7 Å². The maximum absolute atomic E-state index is 12.6. The smallest absolute Gasteiger partial charge is 0.336 e. The van der Waals surface area contributed by atoms with Crippen molar-refractivity contribution in [1.82, 2.24) is 0 Å². The van der Waals surface area contributed by atoms with Gasteiger partial charge in [-0.2, -0.15) is 0 Å². The van der Waals surface area contributed by atoms with Gasteiger partial charge in [-0.15, -0.1) is 0 Å². The quantitative estimate of drug-likeness (QED) is 0.477. The molecule has 0 saturated carbocycles. The van der Waals surface area contributed by atoms with Gasteiger partial charge in [0.2, 0.25) is 5.91 Å². The lowest BCUT2D eigenvalue weighted by molar-refractivity contribution is -0.149. The van der Waals surface area contributed by atoms with Crippen molar-refractivity contribution in [3.05, 3.63) is 70.1 Å². The molecule has 1 aliphatic heterocycles. The van der Waals surface area contributed by atoms with Crippen LogP contribution in [0.15, 0.2) is 57.7 Å². The largest absolute Gasteiger partial charge is 0.497 e. The van der Waals surface area contributed by atoms with Gasteiger partial charge in [0.25, 0.3) is 0 Å². The molecule has 0 bridgehead atoms. The highest BCUT2D eigenvalue weighted by molar-refractivity contribution is 5.99. The number of hydrogen-bond acceptors (Lipinski definition) is 6. The lowest BCUT2D eigenvalue weighted by Crippen LogP contribution is -2.26. The minimum Gasteiger partial charge on any atom is -0.497 e. The van der Waals surface area contributed by atoms with Gasteiger partial charge in [-0.3, -0.25) is 9.59 Å². The van der Waals surface area contributed by atoms with Crippen molar-refractivity contribution in [2.75, 3.05) is 18.6 Å². The summed E-state index contributed by atoms with van der Waals surface area (Å²) < 4.78 is 15.8. The molecule has 1 amide bonds. The van der Waals surface area contributed by atoms with Crippen LogP contribution in [-0.2, 0) is 20.9 Å². The number of rotatable bonds is 5.